The van der Waals surface area contributed by atoms with Gasteiger partial charge in [-0.3, -0.25) is 4.79 Å². The van der Waals surface area contributed by atoms with Gasteiger partial charge >= 0.3 is 0 Å². The molecular formula is C16H20N4O2S. The van der Waals surface area contributed by atoms with Gasteiger partial charge in [-0.05, 0) is 25.5 Å². The van der Waals surface area contributed by atoms with Crippen LogP contribution in [0.2, 0.25) is 0 Å². The average Bonchev–Trinajstić information content (AvgIpc) is 3.13. The summed E-state index contributed by atoms with van der Waals surface area (Å²) in [6.07, 6.45) is 2.61. The maximum absolute atomic E-state index is 12.0. The van der Waals surface area contributed by atoms with Crippen molar-refractivity contribution >= 4 is 23.1 Å². The zero-order valence-corrected chi connectivity index (χ0v) is 13.8. The lowest BCUT2D eigenvalue weighted by Gasteiger charge is -2.24. The third-order valence-corrected chi connectivity index (χ3v) is 4.75. The molecule has 0 saturated carbocycles. The number of β-amino-alcohol motifs (C(OH)–C–C–N with tert-alkyl or cyclic N) is 1. The van der Waals surface area contributed by atoms with Crippen molar-refractivity contribution in [1.29, 1.82) is 0 Å². The summed E-state index contributed by atoms with van der Waals surface area (Å²) in [6, 6.07) is 5.72. The lowest BCUT2D eigenvalue weighted by molar-refractivity contribution is -0.121. The third kappa shape index (κ3) is 4.05. The van der Waals surface area contributed by atoms with E-state index in [1.165, 1.54) is 11.3 Å². The molecule has 2 N–H and O–H groups in total. The van der Waals surface area contributed by atoms with Gasteiger partial charge in [-0.15, -0.1) is 11.3 Å². The number of pyridine rings is 1. The van der Waals surface area contributed by atoms with Gasteiger partial charge in [0.1, 0.15) is 11.4 Å². The minimum Gasteiger partial charge on any atom is -0.386 e. The number of thiazole rings is 1. The van der Waals surface area contributed by atoms with Crippen LogP contribution in [0.5, 0.6) is 0 Å². The molecule has 2 aromatic rings. The van der Waals surface area contributed by atoms with Crippen molar-refractivity contribution in [1.82, 2.24) is 15.3 Å². The average molecular weight is 332 g/mol. The first kappa shape index (κ1) is 15.9. The number of carbonyl (C=O) groups is 1. The molecule has 7 heteroatoms. The van der Waals surface area contributed by atoms with Gasteiger partial charge in [0.15, 0.2) is 0 Å². The monoisotopic (exact) mass is 332 g/mol. The highest BCUT2D eigenvalue weighted by atomic mass is 32.1. The van der Waals surface area contributed by atoms with E-state index in [-0.39, 0.29) is 18.9 Å². The summed E-state index contributed by atoms with van der Waals surface area (Å²) < 4.78 is 0. The van der Waals surface area contributed by atoms with Gasteiger partial charge in [0.05, 0.1) is 17.1 Å². The maximum atomic E-state index is 12.0. The minimum atomic E-state index is -0.912. The fourth-order valence-corrected chi connectivity index (χ4v) is 3.33. The first-order valence-corrected chi connectivity index (χ1v) is 8.48. The van der Waals surface area contributed by atoms with E-state index >= 15 is 0 Å². The van der Waals surface area contributed by atoms with Crippen LogP contribution in [-0.4, -0.2) is 46.2 Å². The molecule has 1 amide bonds. The Morgan fingerprint density at radius 3 is 3.09 bits per heavy atom. The minimum absolute atomic E-state index is 0.111. The third-order valence-electron chi connectivity index (χ3n) is 3.93. The highest BCUT2D eigenvalue weighted by Gasteiger charge is 2.36. The molecule has 0 radical (unpaired) electrons. The number of anilines is 1. The molecule has 6 nitrogen and oxygen atoms in total. The van der Waals surface area contributed by atoms with Crippen LogP contribution in [0.15, 0.2) is 29.8 Å². The largest absolute Gasteiger partial charge is 0.386 e. The molecule has 0 spiro atoms. The summed E-state index contributed by atoms with van der Waals surface area (Å²) in [4.78, 5) is 22.6. The van der Waals surface area contributed by atoms with Crippen molar-refractivity contribution in [3.63, 3.8) is 0 Å². The summed E-state index contributed by atoms with van der Waals surface area (Å²) in [5.74, 6) is 0.743. The predicted octanol–water partition coefficient (Wildman–Crippen LogP) is 1.15. The molecule has 1 aliphatic heterocycles. The summed E-state index contributed by atoms with van der Waals surface area (Å²) in [5.41, 5.74) is -0.135. The van der Waals surface area contributed by atoms with Gasteiger partial charge in [-0.1, -0.05) is 6.07 Å². The number of nitrogens with zero attached hydrogens (tertiary/aromatic N) is 3. The standard InChI is InChI=1S/C16H20N4O2S/c1-12-19-13(9-23-12)8-15(21)18-10-16(22)5-7-20(11-16)14-4-2-3-6-17-14/h2-4,6,9,22H,5,7-8,10-11H2,1H3,(H,18,21)/t16-/m1/s1. The number of hydrogen-bond acceptors (Lipinski definition) is 6. The molecule has 23 heavy (non-hydrogen) atoms. The topological polar surface area (TPSA) is 78.3 Å². The van der Waals surface area contributed by atoms with Crippen molar-refractivity contribution in [2.75, 3.05) is 24.5 Å². The SMILES string of the molecule is Cc1nc(CC(=O)NC[C@]2(O)CCN(c3ccccn3)C2)cs1. The Balaban J connectivity index is 1.51. The fourth-order valence-electron chi connectivity index (χ4n) is 2.72. The van der Waals surface area contributed by atoms with Gasteiger partial charge in [0, 0.05) is 31.2 Å². The lowest BCUT2D eigenvalue weighted by atomic mass is 10.0. The molecule has 3 heterocycles. The number of carbonyl (C=O) groups excluding carboxylic acids is 1. The maximum Gasteiger partial charge on any atom is 0.226 e. The second-order valence-corrected chi connectivity index (χ2v) is 6.96. The zero-order valence-electron chi connectivity index (χ0n) is 13.0. The number of aryl methyl sites for hydroxylation is 1. The van der Waals surface area contributed by atoms with Crippen molar-refractivity contribution in [2.24, 2.45) is 0 Å². The normalized spacial score (nSPS) is 20.7. The predicted molar refractivity (Wildman–Crippen MR) is 89.6 cm³/mol. The molecule has 1 aliphatic rings. The molecule has 122 valence electrons. The molecule has 0 unspecified atom stereocenters. The van der Waals surface area contributed by atoms with Crippen LogP contribution in [0.4, 0.5) is 5.82 Å². The smallest absolute Gasteiger partial charge is 0.226 e. The van der Waals surface area contributed by atoms with E-state index in [2.05, 4.69) is 15.3 Å². The Morgan fingerprint density at radius 2 is 2.39 bits per heavy atom. The molecule has 3 rings (SSSR count). The first-order valence-electron chi connectivity index (χ1n) is 7.60. The Kier molecular flexibility index (Phi) is 4.58. The summed E-state index contributed by atoms with van der Waals surface area (Å²) >= 11 is 1.53. The van der Waals surface area contributed by atoms with Gasteiger partial charge in [-0.2, -0.15) is 0 Å². The van der Waals surface area contributed by atoms with E-state index in [9.17, 15) is 9.90 Å². The highest BCUT2D eigenvalue weighted by molar-refractivity contribution is 7.09. The van der Waals surface area contributed by atoms with E-state index in [4.69, 9.17) is 0 Å². The van der Waals surface area contributed by atoms with Crippen LogP contribution in [-0.2, 0) is 11.2 Å². The van der Waals surface area contributed by atoms with E-state index in [0.29, 0.717) is 13.0 Å². The molecule has 0 aliphatic carbocycles. The van der Waals surface area contributed by atoms with E-state index < -0.39 is 5.60 Å². The number of rotatable bonds is 5. The Bertz CT molecular complexity index is 676. The second-order valence-electron chi connectivity index (χ2n) is 5.90. The first-order chi connectivity index (χ1) is 11.0. The number of nitrogens with one attached hydrogen (secondary N) is 1. The Morgan fingerprint density at radius 1 is 1.52 bits per heavy atom. The van der Waals surface area contributed by atoms with Crippen LogP contribution in [0, 0.1) is 6.92 Å². The molecule has 0 aromatic carbocycles. The van der Waals surface area contributed by atoms with Crippen LogP contribution in [0.25, 0.3) is 0 Å². The molecule has 1 saturated heterocycles. The number of hydrogen-bond donors (Lipinski definition) is 2. The van der Waals surface area contributed by atoms with Crippen molar-refractivity contribution in [2.45, 2.75) is 25.4 Å². The van der Waals surface area contributed by atoms with Crippen LogP contribution >= 0.6 is 11.3 Å². The van der Waals surface area contributed by atoms with Crippen molar-refractivity contribution < 1.29 is 9.90 Å². The van der Waals surface area contributed by atoms with Crippen LogP contribution in [0.3, 0.4) is 0 Å². The Hall–Kier alpha value is -1.99. The summed E-state index contributed by atoms with van der Waals surface area (Å²) in [7, 11) is 0. The summed E-state index contributed by atoms with van der Waals surface area (Å²) in [6.45, 7) is 3.37. The van der Waals surface area contributed by atoms with Crippen LogP contribution < -0.4 is 10.2 Å². The number of aliphatic hydroxyl groups is 1. The molecule has 1 atom stereocenters. The molecule has 1 fully saturated rings. The van der Waals surface area contributed by atoms with Crippen LogP contribution in [0.1, 0.15) is 17.1 Å². The fraction of sp³-hybridized carbons (Fsp3) is 0.438. The van der Waals surface area contributed by atoms with E-state index in [1.54, 1.807) is 6.20 Å². The Labute approximate surface area is 139 Å². The van der Waals surface area contributed by atoms with Gasteiger partial charge < -0.3 is 15.3 Å². The molecule has 2 aromatic heterocycles. The highest BCUT2D eigenvalue weighted by Crippen LogP contribution is 2.24. The lowest BCUT2D eigenvalue weighted by Crippen LogP contribution is -2.45. The van der Waals surface area contributed by atoms with Gasteiger partial charge in [0.25, 0.3) is 0 Å². The zero-order chi connectivity index (χ0) is 16.3. The second kappa shape index (κ2) is 6.64. The quantitative estimate of drug-likeness (QED) is 0.859. The van der Waals surface area contributed by atoms with Crippen molar-refractivity contribution in [3.05, 3.63) is 40.5 Å². The van der Waals surface area contributed by atoms with E-state index in [0.717, 1.165) is 23.1 Å². The van der Waals surface area contributed by atoms with Gasteiger partial charge in [0.2, 0.25) is 5.91 Å². The number of amides is 1. The van der Waals surface area contributed by atoms with Crippen molar-refractivity contribution in [3.8, 4) is 0 Å². The summed E-state index contributed by atoms with van der Waals surface area (Å²) in [5, 5.41) is 16.3. The van der Waals surface area contributed by atoms with Gasteiger partial charge in [-0.25, -0.2) is 9.97 Å². The molecule has 0 bridgehead atoms. The number of aromatic nitrogens is 2. The molecular weight excluding hydrogens is 312 g/mol. The van der Waals surface area contributed by atoms with E-state index in [1.807, 2.05) is 35.4 Å².